The van der Waals surface area contributed by atoms with Crippen molar-refractivity contribution in [3.05, 3.63) is 18.0 Å². The molecule has 0 atom stereocenters. The van der Waals surface area contributed by atoms with E-state index < -0.39 is 0 Å². The molecule has 2 heterocycles. The van der Waals surface area contributed by atoms with E-state index in [2.05, 4.69) is 21.9 Å². The fourth-order valence-corrected chi connectivity index (χ4v) is 1.90. The predicted molar refractivity (Wildman–Crippen MR) is 69.1 cm³/mol. The Labute approximate surface area is 106 Å². The van der Waals surface area contributed by atoms with E-state index in [1.54, 1.807) is 12.3 Å². The lowest BCUT2D eigenvalue weighted by atomic mass is 10.1. The van der Waals surface area contributed by atoms with Crippen molar-refractivity contribution in [3.8, 4) is 6.01 Å². The van der Waals surface area contributed by atoms with Gasteiger partial charge in [0.2, 0.25) is 0 Å². The Hall–Kier alpha value is -1.27. The molecule has 1 fully saturated rings. The minimum Gasteiger partial charge on any atom is -0.460 e. The van der Waals surface area contributed by atoms with E-state index in [9.17, 15) is 0 Å². The van der Waals surface area contributed by atoms with Crippen LogP contribution >= 0.6 is 12.2 Å². The number of aromatic nitrogens is 2. The first kappa shape index (κ1) is 12.2. The number of likely N-dealkylation sites (tertiary alicyclic amines) is 1. The molecule has 1 aromatic heterocycles. The molecular formula is C11H16N4OS. The minimum absolute atomic E-state index is 0.188. The molecule has 92 valence electrons. The Morgan fingerprint density at radius 1 is 1.53 bits per heavy atom. The van der Waals surface area contributed by atoms with Gasteiger partial charge in [0.25, 0.3) is 0 Å². The Bertz CT molecular complexity index is 404. The molecular weight excluding hydrogens is 236 g/mol. The van der Waals surface area contributed by atoms with Crippen molar-refractivity contribution < 1.29 is 4.74 Å². The van der Waals surface area contributed by atoms with Crippen LogP contribution in [0.5, 0.6) is 6.01 Å². The van der Waals surface area contributed by atoms with Gasteiger partial charge in [0, 0.05) is 19.3 Å². The van der Waals surface area contributed by atoms with Gasteiger partial charge in [-0.2, -0.15) is 4.98 Å². The van der Waals surface area contributed by atoms with Gasteiger partial charge in [0.05, 0.1) is 0 Å². The van der Waals surface area contributed by atoms with Gasteiger partial charge in [0.1, 0.15) is 16.8 Å². The first-order valence-electron chi connectivity index (χ1n) is 5.63. The Morgan fingerprint density at radius 2 is 2.24 bits per heavy atom. The Balaban J connectivity index is 1.98. The van der Waals surface area contributed by atoms with Crippen molar-refractivity contribution in [3.63, 3.8) is 0 Å². The number of thiocarbonyl (C=S) groups is 1. The van der Waals surface area contributed by atoms with E-state index in [4.69, 9.17) is 22.7 Å². The molecule has 0 bridgehead atoms. The van der Waals surface area contributed by atoms with Crippen molar-refractivity contribution >= 4 is 17.2 Å². The van der Waals surface area contributed by atoms with E-state index in [1.165, 1.54) is 0 Å². The monoisotopic (exact) mass is 252 g/mol. The first-order chi connectivity index (χ1) is 8.15. The van der Waals surface area contributed by atoms with Gasteiger partial charge < -0.3 is 15.4 Å². The molecule has 0 unspecified atom stereocenters. The van der Waals surface area contributed by atoms with Crippen molar-refractivity contribution in [2.75, 3.05) is 20.1 Å². The smallest absolute Gasteiger partial charge is 0.317 e. The van der Waals surface area contributed by atoms with E-state index in [0.717, 1.165) is 25.9 Å². The molecule has 6 heteroatoms. The van der Waals surface area contributed by atoms with Crippen molar-refractivity contribution in [2.45, 2.75) is 18.9 Å². The van der Waals surface area contributed by atoms with E-state index >= 15 is 0 Å². The van der Waals surface area contributed by atoms with E-state index in [0.29, 0.717) is 11.7 Å². The standard InChI is InChI=1S/C11H16N4OS/c1-15-6-3-8(4-7-15)16-11-13-5-2-9(14-11)10(12)17/h2,5,8H,3-4,6-7H2,1H3,(H2,12,17). The molecule has 17 heavy (non-hydrogen) atoms. The Kier molecular flexibility index (Phi) is 3.86. The second kappa shape index (κ2) is 5.37. The topological polar surface area (TPSA) is 64.3 Å². The average molecular weight is 252 g/mol. The molecule has 1 saturated heterocycles. The van der Waals surface area contributed by atoms with Crippen LogP contribution in [0.2, 0.25) is 0 Å². The highest BCUT2D eigenvalue weighted by atomic mass is 32.1. The molecule has 0 spiro atoms. The molecule has 0 amide bonds. The fourth-order valence-electron chi connectivity index (χ4n) is 1.79. The zero-order valence-electron chi connectivity index (χ0n) is 9.80. The van der Waals surface area contributed by atoms with Crippen LogP contribution in [0.25, 0.3) is 0 Å². The highest BCUT2D eigenvalue weighted by Gasteiger charge is 2.19. The maximum atomic E-state index is 5.73. The summed E-state index contributed by atoms with van der Waals surface area (Å²) in [5.74, 6) is 0. The number of hydrogen-bond acceptors (Lipinski definition) is 5. The summed E-state index contributed by atoms with van der Waals surface area (Å²) in [5, 5.41) is 0. The lowest BCUT2D eigenvalue weighted by Gasteiger charge is -2.28. The van der Waals surface area contributed by atoms with Gasteiger partial charge in [0.15, 0.2) is 0 Å². The Morgan fingerprint density at radius 3 is 2.88 bits per heavy atom. The maximum absolute atomic E-state index is 5.73. The van der Waals surface area contributed by atoms with Crippen LogP contribution in [-0.4, -0.2) is 46.1 Å². The summed E-state index contributed by atoms with van der Waals surface area (Å²) >= 11 is 4.87. The van der Waals surface area contributed by atoms with Crippen LogP contribution in [0.1, 0.15) is 18.5 Å². The van der Waals surface area contributed by atoms with Crippen LogP contribution < -0.4 is 10.5 Å². The van der Waals surface area contributed by atoms with Crippen LogP contribution in [0.3, 0.4) is 0 Å². The van der Waals surface area contributed by atoms with Gasteiger partial charge >= 0.3 is 6.01 Å². The second-order valence-electron chi connectivity index (χ2n) is 4.21. The number of piperidine rings is 1. The molecule has 2 rings (SSSR count). The van der Waals surface area contributed by atoms with Crippen molar-refractivity contribution in [1.82, 2.24) is 14.9 Å². The molecule has 0 aromatic carbocycles. The molecule has 1 aliphatic heterocycles. The molecule has 0 radical (unpaired) electrons. The molecule has 0 aliphatic carbocycles. The second-order valence-corrected chi connectivity index (χ2v) is 4.65. The zero-order chi connectivity index (χ0) is 12.3. The van der Waals surface area contributed by atoms with Gasteiger partial charge in [-0.25, -0.2) is 4.98 Å². The summed E-state index contributed by atoms with van der Waals surface area (Å²) in [7, 11) is 2.11. The van der Waals surface area contributed by atoms with Gasteiger partial charge in [-0.05, 0) is 26.0 Å². The third kappa shape index (κ3) is 3.34. The van der Waals surface area contributed by atoms with Crippen LogP contribution in [0, 0.1) is 0 Å². The van der Waals surface area contributed by atoms with E-state index in [-0.39, 0.29) is 11.1 Å². The van der Waals surface area contributed by atoms with Crippen molar-refractivity contribution in [2.24, 2.45) is 5.73 Å². The molecule has 0 saturated carbocycles. The zero-order valence-corrected chi connectivity index (χ0v) is 10.6. The number of nitrogens with two attached hydrogens (primary N) is 1. The normalized spacial score (nSPS) is 17.9. The lowest BCUT2D eigenvalue weighted by molar-refractivity contribution is 0.105. The largest absolute Gasteiger partial charge is 0.460 e. The summed E-state index contributed by atoms with van der Waals surface area (Å²) in [6.45, 7) is 2.08. The van der Waals surface area contributed by atoms with Crippen LogP contribution in [-0.2, 0) is 0 Å². The summed E-state index contributed by atoms with van der Waals surface area (Å²) < 4.78 is 5.73. The molecule has 1 aromatic rings. The highest BCUT2D eigenvalue weighted by Crippen LogP contribution is 2.14. The summed E-state index contributed by atoms with van der Waals surface area (Å²) in [4.78, 5) is 10.8. The van der Waals surface area contributed by atoms with Crippen molar-refractivity contribution in [1.29, 1.82) is 0 Å². The molecule has 5 nitrogen and oxygen atoms in total. The number of rotatable bonds is 3. The summed E-state index contributed by atoms with van der Waals surface area (Å²) in [6, 6.07) is 2.05. The maximum Gasteiger partial charge on any atom is 0.317 e. The van der Waals surface area contributed by atoms with Crippen LogP contribution in [0.15, 0.2) is 12.3 Å². The SMILES string of the molecule is CN1CCC(Oc2nccc(C(N)=S)n2)CC1. The summed E-state index contributed by atoms with van der Waals surface area (Å²) in [5.41, 5.74) is 6.07. The van der Waals surface area contributed by atoms with Crippen LogP contribution in [0.4, 0.5) is 0 Å². The predicted octanol–water partition coefficient (Wildman–Crippen LogP) is 0.584. The van der Waals surface area contributed by atoms with Gasteiger partial charge in [-0.3, -0.25) is 0 Å². The number of nitrogens with zero attached hydrogens (tertiary/aromatic N) is 3. The summed E-state index contributed by atoms with van der Waals surface area (Å²) in [6.07, 6.45) is 3.80. The fraction of sp³-hybridized carbons (Fsp3) is 0.545. The van der Waals surface area contributed by atoms with E-state index in [1.807, 2.05) is 0 Å². The van der Waals surface area contributed by atoms with Gasteiger partial charge in [-0.1, -0.05) is 12.2 Å². The third-order valence-electron chi connectivity index (χ3n) is 2.82. The average Bonchev–Trinajstić information content (AvgIpc) is 2.32. The van der Waals surface area contributed by atoms with Gasteiger partial charge in [-0.15, -0.1) is 0 Å². The highest BCUT2D eigenvalue weighted by molar-refractivity contribution is 7.80. The quantitative estimate of drug-likeness (QED) is 0.794. The lowest BCUT2D eigenvalue weighted by Crippen LogP contribution is -2.36. The number of ether oxygens (including phenoxy) is 1. The first-order valence-corrected chi connectivity index (χ1v) is 6.04. The minimum atomic E-state index is 0.188. The molecule has 1 aliphatic rings. The third-order valence-corrected chi connectivity index (χ3v) is 3.03. The molecule has 2 N–H and O–H groups in total. The number of hydrogen-bond donors (Lipinski definition) is 1.